The molecule has 0 unspecified atom stereocenters. The summed E-state index contributed by atoms with van der Waals surface area (Å²) in [6.07, 6.45) is 0. The zero-order valence-electron chi connectivity index (χ0n) is 33.7. The summed E-state index contributed by atoms with van der Waals surface area (Å²) in [5, 5.41) is 4.93. The first-order valence-electron chi connectivity index (χ1n) is 21.1. The number of rotatable bonds is 7. The van der Waals surface area contributed by atoms with E-state index in [1.54, 1.807) is 0 Å². The first-order chi connectivity index (χ1) is 30.8. The van der Waals surface area contributed by atoms with Crippen molar-refractivity contribution in [3.8, 4) is 67.5 Å². The van der Waals surface area contributed by atoms with Gasteiger partial charge in [0, 0.05) is 43.9 Å². The molecule has 0 spiro atoms. The lowest BCUT2D eigenvalue weighted by Gasteiger charge is -2.18. The van der Waals surface area contributed by atoms with Crippen LogP contribution in [0.1, 0.15) is 0 Å². The Kier molecular flexibility index (Phi) is 8.46. The van der Waals surface area contributed by atoms with E-state index in [0.717, 1.165) is 67.5 Å². The summed E-state index contributed by atoms with van der Waals surface area (Å²) in [6, 6.07) is 81.9. The summed E-state index contributed by atoms with van der Waals surface area (Å²) in [6.45, 7) is 0. The van der Waals surface area contributed by atoms with Crippen LogP contribution in [-0.4, -0.2) is 19.1 Å². The lowest BCUT2D eigenvalue weighted by molar-refractivity contribution is 1.18. The van der Waals surface area contributed by atoms with Crippen LogP contribution < -0.4 is 0 Å². The normalized spacial score (nSPS) is 11.5. The second-order valence-electron chi connectivity index (χ2n) is 15.7. The molecule has 0 aliphatic rings. The van der Waals surface area contributed by atoms with Gasteiger partial charge < -0.3 is 9.13 Å². The standard InChI is InChI=1S/C58H38N4/c1-3-18-39(19-4-1)42-37-36-41(61-53-31-11-7-22-43(53)44-23-8-12-32-54(44)61)38-48(42)50-28-17-30-52(60-50)51-29-16-27-49(59-51)47-26-15-35-57(58(47)40-20-5-2-6-21-40)62-55-33-13-9-24-45(55)46-25-10-14-34-56(46)62/h1-38H. The van der Waals surface area contributed by atoms with Crippen molar-refractivity contribution in [2.75, 3.05) is 0 Å². The molecule has 0 saturated heterocycles. The third-order valence-electron chi connectivity index (χ3n) is 12.2. The van der Waals surface area contributed by atoms with Crippen LogP contribution in [0.15, 0.2) is 231 Å². The number of hydrogen-bond acceptors (Lipinski definition) is 2. The molecule has 0 atom stereocenters. The van der Waals surface area contributed by atoms with Gasteiger partial charge in [-0.05, 0) is 83.4 Å². The number of hydrogen-bond donors (Lipinski definition) is 0. The molecule has 0 amide bonds. The van der Waals surface area contributed by atoms with Gasteiger partial charge in [0.1, 0.15) is 0 Å². The van der Waals surface area contributed by atoms with Crippen molar-refractivity contribution in [2.24, 2.45) is 0 Å². The van der Waals surface area contributed by atoms with Crippen molar-refractivity contribution in [2.45, 2.75) is 0 Å². The van der Waals surface area contributed by atoms with Crippen molar-refractivity contribution in [3.05, 3.63) is 231 Å². The molecule has 0 radical (unpaired) electrons. The van der Waals surface area contributed by atoms with Gasteiger partial charge in [-0.3, -0.25) is 0 Å². The van der Waals surface area contributed by atoms with Gasteiger partial charge in [0.2, 0.25) is 0 Å². The summed E-state index contributed by atoms with van der Waals surface area (Å²) in [7, 11) is 0. The van der Waals surface area contributed by atoms with Crippen LogP contribution >= 0.6 is 0 Å². The van der Waals surface area contributed by atoms with Gasteiger partial charge in [-0.2, -0.15) is 0 Å². The van der Waals surface area contributed by atoms with Crippen LogP contribution in [0.3, 0.4) is 0 Å². The highest BCUT2D eigenvalue weighted by molar-refractivity contribution is 6.11. The largest absolute Gasteiger partial charge is 0.309 e. The molecule has 0 saturated carbocycles. The van der Waals surface area contributed by atoms with Crippen molar-refractivity contribution in [1.29, 1.82) is 0 Å². The molecule has 0 aliphatic carbocycles. The molecule has 4 aromatic heterocycles. The fourth-order valence-electron chi connectivity index (χ4n) is 9.44. The highest BCUT2D eigenvalue weighted by Gasteiger charge is 2.21. The topological polar surface area (TPSA) is 35.6 Å². The molecular weight excluding hydrogens is 753 g/mol. The Bertz CT molecular complexity index is 3490. The van der Waals surface area contributed by atoms with E-state index in [1.807, 2.05) is 0 Å². The van der Waals surface area contributed by atoms with Gasteiger partial charge in [-0.25, -0.2) is 9.97 Å². The molecule has 290 valence electrons. The number of nitrogens with zero attached hydrogens (tertiary/aromatic N) is 4. The number of aromatic nitrogens is 4. The van der Waals surface area contributed by atoms with Crippen molar-refractivity contribution < 1.29 is 0 Å². The molecule has 62 heavy (non-hydrogen) atoms. The summed E-state index contributed by atoms with van der Waals surface area (Å²) >= 11 is 0. The van der Waals surface area contributed by atoms with Gasteiger partial charge in [-0.15, -0.1) is 0 Å². The zero-order chi connectivity index (χ0) is 41.0. The molecule has 0 N–H and O–H groups in total. The van der Waals surface area contributed by atoms with E-state index in [0.29, 0.717) is 0 Å². The van der Waals surface area contributed by atoms with Gasteiger partial charge in [-0.1, -0.05) is 164 Å². The Morgan fingerprint density at radius 2 is 0.710 bits per heavy atom. The zero-order valence-corrected chi connectivity index (χ0v) is 33.7. The van der Waals surface area contributed by atoms with E-state index in [1.165, 1.54) is 43.6 Å². The third-order valence-corrected chi connectivity index (χ3v) is 12.2. The molecular formula is C58H38N4. The van der Waals surface area contributed by atoms with Gasteiger partial charge in [0.15, 0.2) is 0 Å². The number of para-hydroxylation sites is 4. The van der Waals surface area contributed by atoms with Crippen LogP contribution in [0.2, 0.25) is 0 Å². The Balaban J connectivity index is 1.02. The van der Waals surface area contributed by atoms with Crippen LogP contribution in [0.4, 0.5) is 0 Å². The molecule has 0 fully saturated rings. The minimum absolute atomic E-state index is 0.811. The highest BCUT2D eigenvalue weighted by atomic mass is 15.0. The Labute approximate surface area is 359 Å². The molecule has 4 heteroatoms. The predicted molar refractivity (Wildman–Crippen MR) is 258 cm³/mol. The summed E-state index contributed by atoms with van der Waals surface area (Å²) in [4.78, 5) is 10.8. The quantitative estimate of drug-likeness (QED) is 0.161. The minimum atomic E-state index is 0.811. The Morgan fingerprint density at radius 1 is 0.274 bits per heavy atom. The third kappa shape index (κ3) is 5.84. The van der Waals surface area contributed by atoms with Gasteiger partial charge in [0.25, 0.3) is 0 Å². The van der Waals surface area contributed by atoms with Crippen molar-refractivity contribution >= 4 is 43.6 Å². The molecule has 12 rings (SSSR count). The fraction of sp³-hybridized carbons (Fsp3) is 0. The first-order valence-corrected chi connectivity index (χ1v) is 21.1. The summed E-state index contributed by atoms with van der Waals surface area (Å²) < 4.78 is 4.78. The fourth-order valence-corrected chi connectivity index (χ4v) is 9.44. The predicted octanol–water partition coefficient (Wildman–Crippen LogP) is 15.0. The molecule has 4 nitrogen and oxygen atoms in total. The lowest BCUT2D eigenvalue weighted by atomic mass is 9.94. The second kappa shape index (κ2) is 14.7. The lowest BCUT2D eigenvalue weighted by Crippen LogP contribution is -2.00. The number of benzene rings is 8. The van der Waals surface area contributed by atoms with E-state index in [-0.39, 0.29) is 0 Å². The average Bonchev–Trinajstić information content (AvgIpc) is 3.87. The van der Waals surface area contributed by atoms with E-state index in [4.69, 9.17) is 9.97 Å². The van der Waals surface area contributed by atoms with E-state index < -0.39 is 0 Å². The molecule has 12 aromatic rings. The molecule has 0 aliphatic heterocycles. The van der Waals surface area contributed by atoms with E-state index >= 15 is 0 Å². The SMILES string of the molecule is c1ccc(-c2ccc(-n3c4ccccc4c4ccccc43)cc2-c2cccc(-c3cccc(-c4cccc(-n5c6ccccc6c6ccccc65)c4-c4ccccc4)n3)n2)cc1. The van der Waals surface area contributed by atoms with E-state index in [9.17, 15) is 0 Å². The van der Waals surface area contributed by atoms with Crippen LogP contribution in [0.5, 0.6) is 0 Å². The molecule has 0 bridgehead atoms. The Morgan fingerprint density at radius 3 is 1.26 bits per heavy atom. The maximum Gasteiger partial charge on any atom is 0.0893 e. The highest BCUT2D eigenvalue weighted by Crippen LogP contribution is 2.42. The number of fused-ring (bicyclic) bond motifs is 6. The minimum Gasteiger partial charge on any atom is -0.309 e. The molecule has 8 aromatic carbocycles. The first kappa shape index (κ1) is 35.6. The second-order valence-corrected chi connectivity index (χ2v) is 15.7. The van der Waals surface area contributed by atoms with Crippen molar-refractivity contribution in [3.63, 3.8) is 0 Å². The molecule has 4 heterocycles. The van der Waals surface area contributed by atoms with Crippen LogP contribution in [0, 0.1) is 0 Å². The number of pyridine rings is 2. The van der Waals surface area contributed by atoms with Crippen LogP contribution in [-0.2, 0) is 0 Å². The average molecular weight is 791 g/mol. The maximum absolute atomic E-state index is 5.41. The Hall–Kier alpha value is -8.34. The summed E-state index contributed by atoms with van der Waals surface area (Å²) in [5.74, 6) is 0. The summed E-state index contributed by atoms with van der Waals surface area (Å²) in [5.41, 5.74) is 16.9. The van der Waals surface area contributed by atoms with E-state index in [2.05, 4.69) is 240 Å². The smallest absolute Gasteiger partial charge is 0.0893 e. The van der Waals surface area contributed by atoms with Gasteiger partial charge >= 0.3 is 0 Å². The monoisotopic (exact) mass is 790 g/mol. The van der Waals surface area contributed by atoms with Crippen LogP contribution in [0.25, 0.3) is 111 Å². The van der Waals surface area contributed by atoms with Crippen molar-refractivity contribution in [1.82, 2.24) is 19.1 Å². The van der Waals surface area contributed by atoms with Gasteiger partial charge in [0.05, 0.1) is 50.5 Å². The maximum atomic E-state index is 5.41.